The molecule has 0 saturated heterocycles. The van der Waals surface area contributed by atoms with Crippen LogP contribution in [0.4, 0.5) is 5.95 Å². The minimum Gasteiger partial charge on any atom is -0.468 e. The van der Waals surface area contributed by atoms with Crippen LogP contribution in [-0.2, 0) is 9.53 Å². The second-order valence-corrected chi connectivity index (χ2v) is 7.97. The molecule has 0 bridgehead atoms. The highest BCUT2D eigenvalue weighted by Crippen LogP contribution is 2.26. The van der Waals surface area contributed by atoms with Gasteiger partial charge in [-0.05, 0) is 12.1 Å². The van der Waals surface area contributed by atoms with Crippen molar-refractivity contribution in [2.24, 2.45) is 5.10 Å². The van der Waals surface area contributed by atoms with E-state index >= 15 is 0 Å². The Morgan fingerprint density at radius 1 is 1.35 bits per heavy atom. The molecule has 0 fully saturated rings. The maximum Gasteiger partial charge on any atom is 0.315 e. The zero-order chi connectivity index (χ0) is 22.2. The summed E-state index contributed by atoms with van der Waals surface area (Å²) in [5.74, 6) is -0.0784. The summed E-state index contributed by atoms with van der Waals surface area (Å²) in [6.07, 6.45) is 1.55. The first-order valence-corrected chi connectivity index (χ1v) is 10.7. The van der Waals surface area contributed by atoms with Crippen molar-refractivity contribution >= 4 is 45.8 Å². The minimum atomic E-state index is -0.563. The van der Waals surface area contributed by atoms with Crippen LogP contribution in [-0.4, -0.2) is 35.0 Å². The fraction of sp³-hybridized carbons (Fsp3) is 0.0952. The average Bonchev–Trinajstić information content (AvgIpc) is 2.78. The van der Waals surface area contributed by atoms with Crippen molar-refractivity contribution in [2.45, 2.75) is 4.90 Å². The summed E-state index contributed by atoms with van der Waals surface area (Å²) in [5, 5.41) is 13.5. The Balaban J connectivity index is 1.85. The summed E-state index contributed by atoms with van der Waals surface area (Å²) in [7, 11) is 1.34. The number of anilines is 1. The lowest BCUT2D eigenvalue weighted by atomic mass is 10.1. The second kappa shape index (κ2) is 10.6. The molecule has 2 N–H and O–H groups in total. The van der Waals surface area contributed by atoms with Crippen LogP contribution in [0.3, 0.4) is 0 Å². The molecule has 0 amide bonds. The van der Waals surface area contributed by atoms with Gasteiger partial charge in [0.2, 0.25) is 5.95 Å². The predicted molar refractivity (Wildman–Crippen MR) is 123 cm³/mol. The number of thioether (sulfide) groups is 1. The van der Waals surface area contributed by atoms with Gasteiger partial charge < -0.3 is 4.74 Å². The smallest absolute Gasteiger partial charge is 0.315 e. The second-order valence-electron chi connectivity index (χ2n) is 6.03. The molecule has 1 heterocycles. The Morgan fingerprint density at radius 3 is 2.84 bits per heavy atom. The number of methoxy groups -OCH3 is 1. The molecule has 1 aromatic heterocycles. The highest BCUT2D eigenvalue weighted by atomic mass is 79.9. The molecule has 8 nitrogen and oxygen atoms in total. The number of halogens is 1. The van der Waals surface area contributed by atoms with Crippen molar-refractivity contribution in [1.82, 2.24) is 9.97 Å². The van der Waals surface area contributed by atoms with E-state index in [4.69, 9.17) is 0 Å². The molecule has 3 rings (SSSR count). The van der Waals surface area contributed by atoms with E-state index < -0.39 is 5.56 Å². The van der Waals surface area contributed by atoms with Crippen LogP contribution in [0.25, 0.3) is 11.3 Å². The third-order valence-electron chi connectivity index (χ3n) is 4.00. The number of rotatable bonds is 7. The summed E-state index contributed by atoms with van der Waals surface area (Å²) < 4.78 is 5.53. The zero-order valence-corrected chi connectivity index (χ0v) is 18.7. The molecule has 0 aliphatic heterocycles. The molecule has 3 aromatic rings. The largest absolute Gasteiger partial charge is 0.468 e. The van der Waals surface area contributed by atoms with Gasteiger partial charge in [-0.2, -0.15) is 10.4 Å². The number of H-pyrrole nitrogens is 1. The molecule has 31 heavy (non-hydrogen) atoms. The van der Waals surface area contributed by atoms with Gasteiger partial charge in [0.25, 0.3) is 5.56 Å². The molecule has 0 saturated carbocycles. The molecule has 10 heteroatoms. The van der Waals surface area contributed by atoms with Crippen LogP contribution in [0.15, 0.2) is 67.8 Å². The first kappa shape index (κ1) is 22.3. The number of nitrogens with one attached hydrogen (secondary N) is 2. The molecule has 0 spiro atoms. The van der Waals surface area contributed by atoms with Crippen molar-refractivity contribution in [3.63, 3.8) is 0 Å². The van der Waals surface area contributed by atoms with E-state index in [1.54, 1.807) is 30.5 Å². The van der Waals surface area contributed by atoms with Crippen LogP contribution in [0, 0.1) is 11.3 Å². The minimum absolute atomic E-state index is 0.0739. The van der Waals surface area contributed by atoms with Gasteiger partial charge in [-0.1, -0.05) is 52.3 Å². The molecule has 2 aromatic carbocycles. The van der Waals surface area contributed by atoms with Crippen LogP contribution in [0.1, 0.15) is 11.1 Å². The van der Waals surface area contributed by atoms with Crippen LogP contribution >= 0.6 is 27.7 Å². The molecule has 0 aliphatic carbocycles. The zero-order valence-electron chi connectivity index (χ0n) is 16.3. The van der Waals surface area contributed by atoms with Gasteiger partial charge in [0, 0.05) is 20.5 Å². The Bertz CT molecular complexity index is 1220. The van der Waals surface area contributed by atoms with Crippen molar-refractivity contribution < 1.29 is 9.53 Å². The normalized spacial score (nSPS) is 10.6. The number of nitriles is 1. The molecule has 0 atom stereocenters. The molecular weight excluding hydrogens is 482 g/mol. The number of ether oxygens (including phenoxy) is 1. The van der Waals surface area contributed by atoms with E-state index in [0.29, 0.717) is 5.56 Å². The van der Waals surface area contributed by atoms with Gasteiger partial charge in [0.1, 0.15) is 11.6 Å². The number of hydrazone groups is 1. The SMILES string of the molecule is COC(=O)CSc1cc(Br)ccc1C=NNc1nc(-c2ccccc2)c(C#N)c(=O)[nH]1. The van der Waals surface area contributed by atoms with Gasteiger partial charge >= 0.3 is 5.97 Å². The van der Waals surface area contributed by atoms with Gasteiger partial charge in [0.05, 0.1) is 24.8 Å². The number of hydrogen-bond acceptors (Lipinski definition) is 8. The van der Waals surface area contributed by atoms with Gasteiger partial charge in [0.15, 0.2) is 0 Å². The number of carbonyl (C=O) groups excluding carboxylic acids is 1. The summed E-state index contributed by atoms with van der Waals surface area (Å²) >= 11 is 4.73. The topological polar surface area (TPSA) is 120 Å². The summed E-state index contributed by atoms with van der Waals surface area (Å²) in [5.41, 5.74) is 3.72. The number of nitrogens with zero attached hydrogens (tertiary/aromatic N) is 3. The number of aromatic nitrogens is 2. The van der Waals surface area contributed by atoms with E-state index in [9.17, 15) is 14.9 Å². The summed E-state index contributed by atoms with van der Waals surface area (Å²) in [6, 6.07) is 16.4. The highest BCUT2D eigenvalue weighted by molar-refractivity contribution is 9.10. The fourth-order valence-electron chi connectivity index (χ4n) is 2.53. The van der Waals surface area contributed by atoms with Gasteiger partial charge in [-0.25, -0.2) is 10.4 Å². The molecule has 156 valence electrons. The van der Waals surface area contributed by atoms with Crippen molar-refractivity contribution in [2.75, 3.05) is 18.3 Å². The summed E-state index contributed by atoms with van der Waals surface area (Å²) in [6.45, 7) is 0. The Morgan fingerprint density at radius 2 is 2.13 bits per heavy atom. The monoisotopic (exact) mass is 497 g/mol. The number of hydrogen-bond donors (Lipinski definition) is 2. The lowest BCUT2D eigenvalue weighted by Gasteiger charge is -2.07. The third-order valence-corrected chi connectivity index (χ3v) is 5.54. The average molecular weight is 498 g/mol. The van der Waals surface area contributed by atoms with E-state index in [1.165, 1.54) is 18.9 Å². The number of aromatic amines is 1. The number of esters is 1. The van der Waals surface area contributed by atoms with E-state index in [-0.39, 0.29) is 28.9 Å². The number of benzene rings is 2. The highest BCUT2D eigenvalue weighted by Gasteiger charge is 2.13. The third kappa shape index (κ3) is 5.81. The van der Waals surface area contributed by atoms with E-state index in [1.807, 2.05) is 30.3 Å². The van der Waals surface area contributed by atoms with E-state index in [0.717, 1.165) is 14.9 Å². The Hall–Kier alpha value is -3.42. The van der Waals surface area contributed by atoms with Crippen LogP contribution < -0.4 is 11.0 Å². The molecule has 0 radical (unpaired) electrons. The molecule has 0 aliphatic rings. The van der Waals surface area contributed by atoms with Crippen LogP contribution in [0.2, 0.25) is 0 Å². The van der Waals surface area contributed by atoms with E-state index in [2.05, 4.69) is 41.2 Å². The Kier molecular flexibility index (Phi) is 7.59. The standard InChI is InChI=1S/C21H16BrN5O3S/c1-30-18(28)12-31-17-9-15(22)8-7-14(17)11-24-27-21-25-19(13-5-3-2-4-6-13)16(10-23)20(29)26-21/h2-9,11H,12H2,1H3,(H2,25,26,27,29). The predicted octanol–water partition coefficient (Wildman–Crippen LogP) is 3.78. The summed E-state index contributed by atoms with van der Waals surface area (Å²) in [4.78, 5) is 31.4. The van der Waals surface area contributed by atoms with Gasteiger partial charge in [-0.3, -0.25) is 14.6 Å². The Labute approximate surface area is 190 Å². The first-order chi connectivity index (χ1) is 15.0. The molecule has 0 unspecified atom stereocenters. The quantitative estimate of drug-likeness (QED) is 0.220. The lowest BCUT2D eigenvalue weighted by Crippen LogP contribution is -2.16. The van der Waals surface area contributed by atoms with Gasteiger partial charge in [-0.15, -0.1) is 11.8 Å². The first-order valence-electron chi connectivity index (χ1n) is 8.90. The van der Waals surface area contributed by atoms with Crippen LogP contribution in [0.5, 0.6) is 0 Å². The number of carbonyl (C=O) groups is 1. The fourth-order valence-corrected chi connectivity index (χ4v) is 3.93. The molecular formula is C21H16BrN5O3S. The van der Waals surface area contributed by atoms with Crippen molar-refractivity contribution in [3.05, 3.63) is 74.5 Å². The van der Waals surface area contributed by atoms with Crippen molar-refractivity contribution in [3.8, 4) is 17.3 Å². The maximum atomic E-state index is 12.3. The lowest BCUT2D eigenvalue weighted by molar-refractivity contribution is -0.137. The maximum absolute atomic E-state index is 12.3. The van der Waals surface area contributed by atoms with Crippen molar-refractivity contribution in [1.29, 1.82) is 5.26 Å².